The van der Waals surface area contributed by atoms with E-state index in [1.807, 2.05) is 40.0 Å². The van der Waals surface area contributed by atoms with Crippen LogP contribution in [0.3, 0.4) is 0 Å². The first kappa shape index (κ1) is 18.0. The second-order valence-corrected chi connectivity index (χ2v) is 8.43. The number of nitrogens with one attached hydrogen (secondary N) is 1. The van der Waals surface area contributed by atoms with Crippen LogP contribution in [0.4, 0.5) is 5.69 Å². The molecular formula is C23H27N5O. The van der Waals surface area contributed by atoms with Crippen molar-refractivity contribution in [2.45, 2.75) is 58.8 Å². The van der Waals surface area contributed by atoms with Gasteiger partial charge in [-0.15, -0.1) is 0 Å². The van der Waals surface area contributed by atoms with E-state index < -0.39 is 0 Å². The first-order chi connectivity index (χ1) is 14.0. The van der Waals surface area contributed by atoms with Gasteiger partial charge in [-0.2, -0.15) is 5.10 Å². The number of amides is 1. The summed E-state index contributed by atoms with van der Waals surface area (Å²) in [7, 11) is 0. The molecule has 1 N–H and O–H groups in total. The number of carbonyl (C=O) groups is 1. The van der Waals surface area contributed by atoms with Gasteiger partial charge < -0.3 is 14.8 Å². The second kappa shape index (κ2) is 6.51. The number of nitrogens with zero attached hydrogens (tertiary/aromatic N) is 4. The third kappa shape index (κ3) is 2.77. The number of carbonyl (C=O) groups excluding carboxylic acids is 1. The van der Waals surface area contributed by atoms with E-state index in [0.29, 0.717) is 6.04 Å². The third-order valence-corrected chi connectivity index (χ3v) is 6.04. The molecule has 1 aromatic carbocycles. The van der Waals surface area contributed by atoms with Crippen molar-refractivity contribution in [3.05, 3.63) is 65.1 Å². The fraction of sp³-hybridized carbons (Fsp3) is 0.391. The van der Waals surface area contributed by atoms with Gasteiger partial charge >= 0.3 is 0 Å². The molecule has 3 aromatic rings. The Balaban J connectivity index is 1.62. The number of para-hydroxylation sites is 1. The quantitative estimate of drug-likeness (QED) is 0.709. The Morgan fingerprint density at radius 2 is 1.90 bits per heavy atom. The third-order valence-electron chi connectivity index (χ3n) is 6.04. The van der Waals surface area contributed by atoms with Gasteiger partial charge in [0.15, 0.2) is 0 Å². The summed E-state index contributed by atoms with van der Waals surface area (Å²) in [6, 6.07) is 12.7. The highest BCUT2D eigenvalue weighted by Gasteiger charge is 2.43. The van der Waals surface area contributed by atoms with Crippen molar-refractivity contribution >= 4 is 11.6 Å². The Labute approximate surface area is 171 Å². The maximum absolute atomic E-state index is 13.3. The maximum atomic E-state index is 13.3. The molecule has 1 fully saturated rings. The minimum Gasteiger partial charge on any atom is -0.361 e. The van der Waals surface area contributed by atoms with Crippen molar-refractivity contribution in [3.8, 4) is 5.82 Å². The number of hydrogen-bond acceptors (Lipinski definition) is 3. The monoisotopic (exact) mass is 389 g/mol. The van der Waals surface area contributed by atoms with Gasteiger partial charge in [-0.25, -0.2) is 4.68 Å². The van der Waals surface area contributed by atoms with Gasteiger partial charge in [0, 0.05) is 40.8 Å². The lowest BCUT2D eigenvalue weighted by atomic mass is 10.0. The molecule has 0 radical (unpaired) electrons. The zero-order valence-electron chi connectivity index (χ0n) is 17.4. The summed E-state index contributed by atoms with van der Waals surface area (Å²) in [5.41, 5.74) is 5.11. The molecule has 2 aliphatic rings. The summed E-state index contributed by atoms with van der Waals surface area (Å²) in [6.45, 7) is 8.53. The minimum absolute atomic E-state index is 0.129. The topological polar surface area (TPSA) is 55.1 Å². The van der Waals surface area contributed by atoms with Crippen molar-refractivity contribution in [1.82, 2.24) is 19.2 Å². The number of aryl methyl sites for hydroxylation is 1. The molecule has 1 saturated carbocycles. The number of aromatic nitrogens is 3. The van der Waals surface area contributed by atoms with E-state index in [-0.39, 0.29) is 18.1 Å². The average molecular weight is 390 g/mol. The van der Waals surface area contributed by atoms with Gasteiger partial charge in [0.1, 0.15) is 12.0 Å². The fourth-order valence-corrected chi connectivity index (χ4v) is 4.52. The van der Waals surface area contributed by atoms with E-state index in [2.05, 4.69) is 54.8 Å². The molecule has 6 heteroatoms. The van der Waals surface area contributed by atoms with E-state index in [1.54, 1.807) is 0 Å². The van der Waals surface area contributed by atoms with Crippen molar-refractivity contribution in [2.24, 2.45) is 0 Å². The first-order valence-electron chi connectivity index (χ1n) is 10.4. The van der Waals surface area contributed by atoms with Crippen molar-refractivity contribution in [1.29, 1.82) is 0 Å². The summed E-state index contributed by atoms with van der Waals surface area (Å²) < 4.78 is 4.29. The molecule has 0 bridgehead atoms. The molecule has 1 aliphatic carbocycles. The van der Waals surface area contributed by atoms with E-state index in [0.717, 1.165) is 46.9 Å². The van der Waals surface area contributed by atoms with Crippen LogP contribution in [0.2, 0.25) is 0 Å². The van der Waals surface area contributed by atoms with E-state index in [1.165, 1.54) is 0 Å². The Kier molecular flexibility index (Phi) is 4.05. The van der Waals surface area contributed by atoms with Crippen molar-refractivity contribution in [3.63, 3.8) is 0 Å². The van der Waals surface area contributed by atoms with E-state index >= 15 is 0 Å². The molecule has 0 unspecified atom stereocenters. The fourth-order valence-electron chi connectivity index (χ4n) is 4.52. The number of hydrogen-bond donors (Lipinski definition) is 1. The van der Waals surface area contributed by atoms with Crippen LogP contribution >= 0.6 is 0 Å². The van der Waals surface area contributed by atoms with Crippen LogP contribution in [0.5, 0.6) is 0 Å². The number of benzene rings is 1. The lowest BCUT2D eigenvalue weighted by molar-refractivity contribution is 0.0666. The molecule has 5 rings (SSSR count). The van der Waals surface area contributed by atoms with Crippen LogP contribution in [0.1, 0.15) is 66.2 Å². The van der Waals surface area contributed by atoms with Gasteiger partial charge in [0.25, 0.3) is 5.91 Å². The van der Waals surface area contributed by atoms with Crippen LogP contribution in [0.15, 0.2) is 42.6 Å². The minimum atomic E-state index is -0.153. The highest BCUT2D eigenvalue weighted by Crippen LogP contribution is 2.42. The Bertz CT molecular complexity index is 1090. The summed E-state index contributed by atoms with van der Waals surface area (Å²) in [5.74, 6) is 1.19. The molecule has 6 nitrogen and oxygen atoms in total. The molecule has 150 valence electrons. The average Bonchev–Trinajstić information content (AvgIpc) is 3.33. The zero-order valence-corrected chi connectivity index (χ0v) is 17.4. The zero-order chi connectivity index (χ0) is 20.3. The highest BCUT2D eigenvalue weighted by atomic mass is 16.2. The number of anilines is 1. The predicted molar refractivity (Wildman–Crippen MR) is 113 cm³/mol. The van der Waals surface area contributed by atoms with E-state index in [9.17, 15) is 4.79 Å². The Hall–Kier alpha value is -3.02. The molecule has 1 aliphatic heterocycles. The predicted octanol–water partition coefficient (Wildman–Crippen LogP) is 4.60. The summed E-state index contributed by atoms with van der Waals surface area (Å²) in [4.78, 5) is 15.4. The van der Waals surface area contributed by atoms with Crippen LogP contribution in [-0.2, 0) is 0 Å². The second-order valence-electron chi connectivity index (χ2n) is 8.43. The Morgan fingerprint density at radius 3 is 2.62 bits per heavy atom. The lowest BCUT2D eigenvalue weighted by Gasteiger charge is -2.38. The Morgan fingerprint density at radius 1 is 1.14 bits per heavy atom. The number of fused-ring (bicyclic) bond motifs is 1. The SMILES string of the molecule is Cc1cc([C@H]2Nc3ccccc3C(=O)N2C2CC2)c(C)n1-c1ccnn1C(C)C. The summed E-state index contributed by atoms with van der Waals surface area (Å²) >= 11 is 0. The van der Waals surface area contributed by atoms with Crippen LogP contribution in [0, 0.1) is 13.8 Å². The highest BCUT2D eigenvalue weighted by molar-refractivity contribution is 6.02. The summed E-state index contributed by atoms with van der Waals surface area (Å²) in [6.07, 6.45) is 3.85. The number of rotatable bonds is 4. The van der Waals surface area contributed by atoms with Crippen LogP contribution in [0.25, 0.3) is 5.82 Å². The smallest absolute Gasteiger partial charge is 0.258 e. The maximum Gasteiger partial charge on any atom is 0.258 e. The normalized spacial score (nSPS) is 18.9. The van der Waals surface area contributed by atoms with Gasteiger partial charge in [-0.1, -0.05) is 12.1 Å². The largest absolute Gasteiger partial charge is 0.361 e. The molecule has 2 aromatic heterocycles. The van der Waals surface area contributed by atoms with Gasteiger partial charge in [0.05, 0.1) is 11.8 Å². The standard InChI is InChI=1S/C23H27N5O/c1-14(2)28-21(11-12-24-28)26-15(3)13-19(16(26)4)22-25-20-8-6-5-7-18(20)23(29)27(22)17-9-10-17/h5-8,11-14,17,22,25H,9-10H2,1-4H3/t22-/m0/s1. The van der Waals surface area contributed by atoms with Gasteiger partial charge in [-0.05, 0) is 58.7 Å². The molecule has 1 atom stereocenters. The molecule has 0 saturated heterocycles. The molecule has 3 heterocycles. The summed E-state index contributed by atoms with van der Waals surface area (Å²) in [5, 5.41) is 8.16. The van der Waals surface area contributed by atoms with Crippen LogP contribution in [-0.4, -0.2) is 31.2 Å². The van der Waals surface area contributed by atoms with Crippen LogP contribution < -0.4 is 5.32 Å². The molecular weight excluding hydrogens is 362 g/mol. The van der Waals surface area contributed by atoms with Crippen molar-refractivity contribution < 1.29 is 4.79 Å². The van der Waals surface area contributed by atoms with Gasteiger partial charge in [-0.3, -0.25) is 4.79 Å². The molecule has 0 spiro atoms. The van der Waals surface area contributed by atoms with Crippen molar-refractivity contribution in [2.75, 3.05) is 5.32 Å². The molecule has 29 heavy (non-hydrogen) atoms. The van der Waals surface area contributed by atoms with Gasteiger partial charge in [0.2, 0.25) is 0 Å². The lowest BCUT2D eigenvalue weighted by Crippen LogP contribution is -2.44. The van der Waals surface area contributed by atoms with E-state index in [4.69, 9.17) is 0 Å². The first-order valence-corrected chi connectivity index (χ1v) is 10.4. The molecule has 1 amide bonds.